The molecule has 0 spiro atoms. The second kappa shape index (κ2) is 9.94. The number of hydrogen-bond donors (Lipinski definition) is 9. The molecule has 0 radical (unpaired) electrons. The van der Waals surface area contributed by atoms with Gasteiger partial charge >= 0.3 is 0 Å². The molecule has 16 atom stereocenters. The van der Waals surface area contributed by atoms with Gasteiger partial charge < -0.3 is 74.4 Å². The second-order valence-corrected chi connectivity index (χ2v) is 9.76. The minimum Gasteiger partial charge on any atom is -0.472 e. The minimum absolute atomic E-state index is 0.405. The molecule has 36 heavy (non-hydrogen) atoms. The summed E-state index contributed by atoms with van der Waals surface area (Å²) in [4.78, 5) is 0. The van der Waals surface area contributed by atoms with Crippen LogP contribution in [-0.2, 0) is 28.4 Å². The number of aliphatic hydroxyl groups is 9. The summed E-state index contributed by atoms with van der Waals surface area (Å²) in [5.41, 5.74) is -1.09. The maximum absolute atomic E-state index is 10.5. The fourth-order valence-electron chi connectivity index (χ4n) is 5.56. The van der Waals surface area contributed by atoms with Crippen molar-refractivity contribution in [3.8, 4) is 0 Å². The fraction of sp³-hybridized carbons (Fsp3) is 0.905. The SMILES string of the molecule is OCC1OC(OCC2OC(OC3OC=CC4C(O)C5O[C@]5(CO)C34)C(O)C(O)C2O)C(O)C(O)C1O. The Bertz CT molecular complexity index is 812. The molecule has 1 saturated carbocycles. The predicted octanol–water partition coefficient (Wildman–Crippen LogP) is -5.77. The second-order valence-electron chi connectivity index (χ2n) is 9.76. The van der Waals surface area contributed by atoms with Gasteiger partial charge in [0.05, 0.1) is 38.1 Å². The zero-order valence-corrected chi connectivity index (χ0v) is 18.9. The van der Waals surface area contributed by atoms with Crippen molar-refractivity contribution in [2.45, 2.75) is 85.5 Å². The van der Waals surface area contributed by atoms with Crippen LogP contribution in [0.5, 0.6) is 0 Å². The molecular weight excluding hydrogens is 492 g/mol. The number of hydrogen-bond acceptors (Lipinski definition) is 15. The van der Waals surface area contributed by atoms with E-state index in [0.717, 1.165) is 0 Å². The van der Waals surface area contributed by atoms with Crippen molar-refractivity contribution in [3.05, 3.63) is 12.3 Å². The van der Waals surface area contributed by atoms with Crippen molar-refractivity contribution in [2.75, 3.05) is 19.8 Å². The van der Waals surface area contributed by atoms with Crippen molar-refractivity contribution in [1.29, 1.82) is 0 Å². The lowest BCUT2D eigenvalue weighted by Crippen LogP contribution is -2.62. The molecule has 5 rings (SSSR count). The first kappa shape index (κ1) is 26.6. The van der Waals surface area contributed by atoms with E-state index in [1.54, 1.807) is 6.08 Å². The van der Waals surface area contributed by atoms with E-state index in [9.17, 15) is 46.0 Å². The van der Waals surface area contributed by atoms with Crippen LogP contribution in [-0.4, -0.2) is 151 Å². The highest BCUT2D eigenvalue weighted by molar-refractivity contribution is 5.24. The van der Waals surface area contributed by atoms with Crippen LogP contribution in [0.4, 0.5) is 0 Å². The summed E-state index contributed by atoms with van der Waals surface area (Å²) in [6.07, 6.45) is -15.4. The summed E-state index contributed by atoms with van der Waals surface area (Å²) in [6.45, 7) is -1.59. The molecule has 15 heteroatoms. The Morgan fingerprint density at radius 2 is 1.36 bits per heavy atom. The van der Waals surface area contributed by atoms with E-state index in [2.05, 4.69) is 0 Å². The highest BCUT2D eigenvalue weighted by atomic mass is 16.8. The Morgan fingerprint density at radius 1 is 0.722 bits per heavy atom. The fourth-order valence-corrected chi connectivity index (χ4v) is 5.56. The molecular formula is C21H32O15. The Hall–Kier alpha value is -1.02. The highest BCUT2D eigenvalue weighted by Gasteiger charge is 2.75. The Balaban J connectivity index is 1.25. The van der Waals surface area contributed by atoms with E-state index < -0.39 is 117 Å². The van der Waals surface area contributed by atoms with E-state index >= 15 is 0 Å². The molecule has 0 aromatic carbocycles. The molecule has 4 fully saturated rings. The van der Waals surface area contributed by atoms with Gasteiger partial charge in [-0.25, -0.2) is 0 Å². The van der Waals surface area contributed by atoms with Crippen molar-refractivity contribution in [2.24, 2.45) is 11.8 Å². The molecule has 15 nitrogen and oxygen atoms in total. The van der Waals surface area contributed by atoms with Crippen molar-refractivity contribution >= 4 is 0 Å². The highest BCUT2D eigenvalue weighted by Crippen LogP contribution is 2.59. The molecule has 9 N–H and O–H groups in total. The van der Waals surface area contributed by atoms with E-state index in [1.807, 2.05) is 0 Å². The Labute approximate surface area is 204 Å². The van der Waals surface area contributed by atoms with Gasteiger partial charge in [-0.2, -0.15) is 0 Å². The first-order valence-electron chi connectivity index (χ1n) is 11.7. The Morgan fingerprint density at radius 3 is 2.03 bits per heavy atom. The van der Waals surface area contributed by atoms with Crippen LogP contribution < -0.4 is 0 Å². The summed E-state index contributed by atoms with van der Waals surface area (Å²) in [5.74, 6) is -1.12. The zero-order chi connectivity index (χ0) is 25.9. The molecule has 0 amide bonds. The third-order valence-corrected chi connectivity index (χ3v) is 7.72. The van der Waals surface area contributed by atoms with Crippen molar-refractivity contribution in [1.82, 2.24) is 0 Å². The molecule has 1 aliphatic carbocycles. The van der Waals surface area contributed by atoms with E-state index in [4.69, 9.17) is 28.4 Å². The van der Waals surface area contributed by atoms with Crippen LogP contribution in [0.3, 0.4) is 0 Å². The summed E-state index contributed by atoms with van der Waals surface area (Å²) in [7, 11) is 0. The van der Waals surface area contributed by atoms with E-state index in [1.165, 1.54) is 6.26 Å². The van der Waals surface area contributed by atoms with Crippen LogP contribution in [0.25, 0.3) is 0 Å². The number of aliphatic hydroxyl groups excluding tert-OH is 9. The predicted molar refractivity (Wildman–Crippen MR) is 109 cm³/mol. The van der Waals surface area contributed by atoms with E-state index in [0.29, 0.717) is 0 Å². The average molecular weight is 524 g/mol. The molecule has 0 aromatic heterocycles. The lowest BCUT2D eigenvalue weighted by atomic mass is 9.85. The topological polar surface area (TPSA) is 241 Å². The zero-order valence-electron chi connectivity index (χ0n) is 18.9. The largest absolute Gasteiger partial charge is 0.472 e. The first-order chi connectivity index (χ1) is 17.1. The van der Waals surface area contributed by atoms with Gasteiger partial charge in [0, 0.05) is 5.92 Å². The van der Waals surface area contributed by atoms with E-state index in [-0.39, 0.29) is 0 Å². The number of ether oxygens (including phenoxy) is 6. The third kappa shape index (κ3) is 4.17. The van der Waals surface area contributed by atoms with Crippen LogP contribution in [0, 0.1) is 11.8 Å². The van der Waals surface area contributed by atoms with Crippen molar-refractivity contribution < 1.29 is 74.4 Å². The quantitative estimate of drug-likeness (QED) is 0.141. The van der Waals surface area contributed by atoms with Crippen LogP contribution in [0.2, 0.25) is 0 Å². The lowest BCUT2D eigenvalue weighted by Gasteiger charge is -2.44. The number of epoxide rings is 1. The standard InChI is InChI=1S/C21H32O15/c22-3-7-11(25)13(27)15(29)19(33-7)32-4-8-12(26)14(28)16(30)20(34-8)35-18-9-6(1-2-31-18)10(24)17-21(9,5-23)36-17/h1-2,6-20,22-30H,3-5H2/t6?,7?,8?,9?,10?,11?,12?,13?,14?,15?,16?,17?,18?,19?,20?,21-/m1/s1. The van der Waals surface area contributed by atoms with Gasteiger partial charge in [0.1, 0.15) is 60.5 Å². The molecule has 15 unspecified atom stereocenters. The van der Waals surface area contributed by atoms with Gasteiger partial charge in [-0.3, -0.25) is 0 Å². The van der Waals surface area contributed by atoms with Gasteiger partial charge in [-0.05, 0) is 6.08 Å². The maximum Gasteiger partial charge on any atom is 0.208 e. The number of rotatable bonds is 7. The molecule has 206 valence electrons. The van der Waals surface area contributed by atoms with Crippen LogP contribution in [0.1, 0.15) is 0 Å². The number of fused-ring (bicyclic) bond motifs is 3. The third-order valence-electron chi connectivity index (χ3n) is 7.72. The molecule has 5 aliphatic rings. The summed E-state index contributed by atoms with van der Waals surface area (Å²) >= 11 is 0. The molecule has 4 heterocycles. The van der Waals surface area contributed by atoms with Gasteiger partial charge in [-0.1, -0.05) is 0 Å². The van der Waals surface area contributed by atoms with Gasteiger partial charge in [0.15, 0.2) is 12.6 Å². The van der Waals surface area contributed by atoms with Gasteiger partial charge in [-0.15, -0.1) is 0 Å². The lowest BCUT2D eigenvalue weighted by molar-refractivity contribution is -0.355. The molecule has 0 bridgehead atoms. The maximum atomic E-state index is 10.5. The van der Waals surface area contributed by atoms with Crippen LogP contribution in [0.15, 0.2) is 12.3 Å². The minimum atomic E-state index is -1.74. The van der Waals surface area contributed by atoms with Crippen molar-refractivity contribution in [3.63, 3.8) is 0 Å². The normalized spacial score (nSPS) is 56.1. The average Bonchev–Trinajstić information content (AvgIpc) is 3.57. The van der Waals surface area contributed by atoms with Gasteiger partial charge in [0.2, 0.25) is 6.29 Å². The smallest absolute Gasteiger partial charge is 0.208 e. The summed E-state index contributed by atoms with van der Waals surface area (Å²) in [5, 5.41) is 90.8. The molecule has 4 aliphatic heterocycles. The monoisotopic (exact) mass is 524 g/mol. The summed E-state index contributed by atoms with van der Waals surface area (Å²) in [6, 6.07) is 0. The molecule has 0 aromatic rings. The van der Waals surface area contributed by atoms with Crippen LogP contribution >= 0.6 is 0 Å². The molecule has 3 saturated heterocycles. The Kier molecular flexibility index (Phi) is 7.34. The van der Waals surface area contributed by atoms with Gasteiger partial charge in [0.25, 0.3) is 0 Å². The summed E-state index contributed by atoms with van der Waals surface area (Å²) < 4.78 is 33.1. The first-order valence-corrected chi connectivity index (χ1v) is 11.7.